The number of esters is 1. The summed E-state index contributed by atoms with van der Waals surface area (Å²) in [5.74, 6) is 0.253. The molecule has 0 saturated heterocycles. The predicted molar refractivity (Wildman–Crippen MR) is 115 cm³/mol. The first kappa shape index (κ1) is 23.3. The van der Waals surface area contributed by atoms with Gasteiger partial charge in [-0.15, -0.1) is 0 Å². The Hall–Kier alpha value is -3.01. The number of halogens is 1. The Kier molecular flexibility index (Phi) is 8.72. The first-order chi connectivity index (χ1) is 14.3. The number of nitrogens with one attached hydrogen (secondary N) is 3. The Balaban J connectivity index is 2.28. The second-order valence-electron chi connectivity index (χ2n) is 7.52. The molecule has 0 spiro atoms. The van der Waals surface area contributed by atoms with Gasteiger partial charge < -0.3 is 25.6 Å². The zero-order valence-electron chi connectivity index (χ0n) is 18.1. The second kappa shape index (κ2) is 11.2. The highest BCUT2D eigenvalue weighted by atomic mass is 19.1. The topological polar surface area (TPSA) is 104 Å². The van der Waals surface area contributed by atoms with Gasteiger partial charge in [0.1, 0.15) is 11.9 Å². The molecule has 0 amide bonds. The van der Waals surface area contributed by atoms with Gasteiger partial charge in [0, 0.05) is 18.8 Å². The van der Waals surface area contributed by atoms with Gasteiger partial charge in [-0.25, -0.2) is 9.18 Å². The number of benzene rings is 1. The molecule has 2 aromatic rings. The molecule has 1 aromatic carbocycles. The van der Waals surface area contributed by atoms with E-state index in [9.17, 15) is 9.18 Å². The number of carbonyl (C=O) groups excluding carboxylic acids is 1. The van der Waals surface area contributed by atoms with Gasteiger partial charge in [0.15, 0.2) is 0 Å². The average molecular weight is 420 g/mol. The highest BCUT2D eigenvalue weighted by molar-refractivity contribution is 5.78. The van der Waals surface area contributed by atoms with Crippen LogP contribution in [-0.4, -0.2) is 66.2 Å². The molecule has 164 valence electrons. The Morgan fingerprint density at radius 2 is 1.87 bits per heavy atom. The third-order valence-corrected chi connectivity index (χ3v) is 4.05. The largest absolute Gasteiger partial charge is 0.467 e. The van der Waals surface area contributed by atoms with E-state index in [4.69, 9.17) is 4.74 Å². The third-order valence-electron chi connectivity index (χ3n) is 4.05. The molecule has 3 N–H and O–H groups in total. The summed E-state index contributed by atoms with van der Waals surface area (Å²) < 4.78 is 18.4. The number of rotatable bonds is 11. The van der Waals surface area contributed by atoms with E-state index in [0.717, 1.165) is 6.54 Å². The van der Waals surface area contributed by atoms with Crippen molar-refractivity contribution in [1.82, 2.24) is 19.9 Å². The summed E-state index contributed by atoms with van der Waals surface area (Å²) in [6.45, 7) is 5.41. The smallest absolute Gasteiger partial charge is 0.328 e. The molecule has 0 fully saturated rings. The minimum Gasteiger partial charge on any atom is -0.467 e. The molecule has 10 heteroatoms. The van der Waals surface area contributed by atoms with Crippen LogP contribution in [0, 0.1) is 11.7 Å². The molecule has 2 rings (SSSR count). The second-order valence-corrected chi connectivity index (χ2v) is 7.52. The Labute approximate surface area is 176 Å². The Bertz CT molecular complexity index is 833. The lowest BCUT2D eigenvalue weighted by atomic mass is 10.0. The first-order valence-corrected chi connectivity index (χ1v) is 9.78. The molecule has 0 aliphatic carbocycles. The summed E-state index contributed by atoms with van der Waals surface area (Å²) in [6, 6.07) is 5.38. The Morgan fingerprint density at radius 3 is 2.50 bits per heavy atom. The first-order valence-electron chi connectivity index (χ1n) is 9.78. The molecule has 0 unspecified atom stereocenters. The summed E-state index contributed by atoms with van der Waals surface area (Å²) in [5, 5.41) is 9.15. The van der Waals surface area contributed by atoms with Crippen molar-refractivity contribution in [3.63, 3.8) is 0 Å². The maximum absolute atomic E-state index is 13.5. The van der Waals surface area contributed by atoms with Crippen molar-refractivity contribution < 1.29 is 13.9 Å². The summed E-state index contributed by atoms with van der Waals surface area (Å²) in [6.07, 6.45) is 0.550. The van der Waals surface area contributed by atoms with E-state index in [1.54, 1.807) is 12.1 Å². The minimum atomic E-state index is -0.603. The highest BCUT2D eigenvalue weighted by Gasteiger charge is 2.22. The quantitative estimate of drug-likeness (QED) is 0.474. The maximum Gasteiger partial charge on any atom is 0.328 e. The van der Waals surface area contributed by atoms with Crippen molar-refractivity contribution in [3.8, 4) is 0 Å². The maximum atomic E-state index is 13.5. The number of ether oxygens (including phenoxy) is 1. The van der Waals surface area contributed by atoms with E-state index in [-0.39, 0.29) is 23.6 Å². The number of nitrogens with zero attached hydrogens (tertiary/aromatic N) is 4. The fraction of sp³-hybridized carbons (Fsp3) is 0.500. The molecule has 0 radical (unpaired) electrons. The lowest BCUT2D eigenvalue weighted by molar-refractivity contribution is -0.141. The average Bonchev–Trinajstić information content (AvgIpc) is 2.66. The normalized spacial score (nSPS) is 12.0. The van der Waals surface area contributed by atoms with Crippen LogP contribution >= 0.6 is 0 Å². The molecule has 30 heavy (non-hydrogen) atoms. The fourth-order valence-electron chi connectivity index (χ4n) is 2.65. The van der Waals surface area contributed by atoms with Crippen LogP contribution in [0.25, 0.3) is 0 Å². The van der Waals surface area contributed by atoms with E-state index >= 15 is 0 Å². The third kappa shape index (κ3) is 7.78. The number of aromatic nitrogens is 3. The van der Waals surface area contributed by atoms with Gasteiger partial charge in [-0.05, 0) is 44.6 Å². The molecule has 1 heterocycles. The molecule has 0 aliphatic heterocycles. The van der Waals surface area contributed by atoms with Crippen molar-refractivity contribution in [2.45, 2.75) is 26.3 Å². The monoisotopic (exact) mass is 419 g/mol. The number of likely N-dealkylation sites (N-methyl/N-ethyl adjacent to an activating group) is 1. The number of hydrogen-bond acceptors (Lipinski definition) is 9. The van der Waals surface area contributed by atoms with E-state index in [1.807, 2.05) is 32.8 Å². The van der Waals surface area contributed by atoms with Crippen LogP contribution in [0.4, 0.5) is 27.9 Å². The van der Waals surface area contributed by atoms with Crippen LogP contribution in [0.3, 0.4) is 0 Å². The van der Waals surface area contributed by atoms with Crippen molar-refractivity contribution in [2.24, 2.45) is 5.92 Å². The zero-order chi connectivity index (χ0) is 22.1. The van der Waals surface area contributed by atoms with Gasteiger partial charge in [-0.2, -0.15) is 15.0 Å². The number of carbonyl (C=O) groups is 1. The van der Waals surface area contributed by atoms with Crippen molar-refractivity contribution in [1.29, 1.82) is 0 Å². The van der Waals surface area contributed by atoms with Crippen LogP contribution in [0.1, 0.15) is 20.3 Å². The van der Waals surface area contributed by atoms with Crippen LogP contribution in [0.2, 0.25) is 0 Å². The van der Waals surface area contributed by atoms with Gasteiger partial charge in [0.25, 0.3) is 0 Å². The van der Waals surface area contributed by atoms with Crippen LogP contribution in [0.15, 0.2) is 24.3 Å². The SMILES string of the molecule is COC(=O)[C@@H](CC(C)C)Nc1nc(NCCN(C)C)nc(Nc2cccc(F)c2)n1. The lowest BCUT2D eigenvalue weighted by Crippen LogP contribution is -2.33. The molecule has 0 saturated carbocycles. The molecule has 9 nitrogen and oxygen atoms in total. The van der Waals surface area contributed by atoms with E-state index in [0.29, 0.717) is 24.6 Å². The zero-order valence-corrected chi connectivity index (χ0v) is 18.1. The number of hydrogen-bond donors (Lipinski definition) is 3. The fourth-order valence-corrected chi connectivity index (χ4v) is 2.65. The molecular formula is C20H30FN7O2. The van der Waals surface area contributed by atoms with E-state index < -0.39 is 12.0 Å². The van der Waals surface area contributed by atoms with Crippen LogP contribution in [-0.2, 0) is 9.53 Å². The molecular weight excluding hydrogens is 389 g/mol. The highest BCUT2D eigenvalue weighted by Crippen LogP contribution is 2.18. The summed E-state index contributed by atoms with van der Waals surface area (Å²) in [4.78, 5) is 27.2. The standard InChI is InChI=1S/C20H30FN7O2/c1-13(2)11-16(17(29)30-5)24-20-26-18(22-9-10-28(3)4)25-19(27-20)23-15-8-6-7-14(21)12-15/h6-8,12-13,16H,9-11H2,1-5H3,(H3,22,23,24,25,26,27)/t16-/m1/s1. The van der Waals surface area contributed by atoms with Gasteiger partial charge in [0.2, 0.25) is 17.8 Å². The lowest BCUT2D eigenvalue weighted by Gasteiger charge is -2.19. The van der Waals surface area contributed by atoms with Gasteiger partial charge in [-0.1, -0.05) is 19.9 Å². The molecule has 1 aromatic heterocycles. The summed E-state index contributed by atoms with van der Waals surface area (Å²) in [7, 11) is 5.27. The molecule has 1 atom stereocenters. The molecule has 0 bridgehead atoms. The van der Waals surface area contributed by atoms with Crippen LogP contribution in [0.5, 0.6) is 0 Å². The predicted octanol–water partition coefficient (Wildman–Crippen LogP) is 2.73. The van der Waals surface area contributed by atoms with Gasteiger partial charge in [0.05, 0.1) is 7.11 Å². The summed E-state index contributed by atoms with van der Waals surface area (Å²) in [5.41, 5.74) is 0.498. The molecule has 0 aliphatic rings. The van der Waals surface area contributed by atoms with Gasteiger partial charge in [-0.3, -0.25) is 0 Å². The van der Waals surface area contributed by atoms with Crippen molar-refractivity contribution >= 4 is 29.5 Å². The minimum absolute atomic E-state index is 0.215. The van der Waals surface area contributed by atoms with Crippen LogP contribution < -0.4 is 16.0 Å². The van der Waals surface area contributed by atoms with Crippen molar-refractivity contribution in [3.05, 3.63) is 30.1 Å². The van der Waals surface area contributed by atoms with Crippen molar-refractivity contribution in [2.75, 3.05) is 50.2 Å². The summed E-state index contributed by atoms with van der Waals surface area (Å²) >= 11 is 0. The number of anilines is 4. The Morgan fingerprint density at radius 1 is 1.17 bits per heavy atom. The number of methoxy groups -OCH3 is 1. The van der Waals surface area contributed by atoms with E-state index in [1.165, 1.54) is 19.2 Å². The van der Waals surface area contributed by atoms with E-state index in [2.05, 4.69) is 30.9 Å². The van der Waals surface area contributed by atoms with Gasteiger partial charge >= 0.3 is 5.97 Å².